The Kier molecular flexibility index (Phi) is 8.32. The third-order valence-electron chi connectivity index (χ3n) is 7.87. The van der Waals surface area contributed by atoms with Crippen LogP contribution in [0, 0.1) is 0 Å². The van der Waals surface area contributed by atoms with Gasteiger partial charge in [0.1, 0.15) is 11.3 Å². The van der Waals surface area contributed by atoms with Crippen LogP contribution in [0.1, 0.15) is 37.5 Å². The minimum atomic E-state index is -5.08. The van der Waals surface area contributed by atoms with Crippen molar-refractivity contribution in [2.45, 2.75) is 44.4 Å². The van der Waals surface area contributed by atoms with Gasteiger partial charge in [0, 0.05) is 50.0 Å². The fourth-order valence-corrected chi connectivity index (χ4v) is 5.69. The molecule has 0 bridgehead atoms. The van der Waals surface area contributed by atoms with E-state index in [1.54, 1.807) is 0 Å². The molecule has 13 heteroatoms. The number of alkyl halides is 3. The van der Waals surface area contributed by atoms with Crippen LogP contribution in [-0.2, 0) is 18.4 Å². The minimum absolute atomic E-state index is 0.560. The van der Waals surface area contributed by atoms with E-state index in [0.717, 1.165) is 59.3 Å². The van der Waals surface area contributed by atoms with Crippen molar-refractivity contribution >= 4 is 51.0 Å². The SMILES string of the molecule is CN1CCN(c2cc(NCc3nc4ccc(Cl)cc4n3C)c3ncn(C4CCCC4)c3c2)CC1.O=C(O)C(F)(F)F. The zero-order valence-electron chi connectivity index (χ0n) is 23.0. The summed E-state index contributed by atoms with van der Waals surface area (Å²) >= 11 is 6.22. The van der Waals surface area contributed by atoms with E-state index in [1.807, 2.05) is 25.2 Å². The van der Waals surface area contributed by atoms with Crippen LogP contribution in [0.25, 0.3) is 22.1 Å². The first-order valence-corrected chi connectivity index (χ1v) is 14.0. The van der Waals surface area contributed by atoms with Gasteiger partial charge in [0.25, 0.3) is 0 Å². The molecule has 1 saturated heterocycles. The lowest BCUT2D eigenvalue weighted by molar-refractivity contribution is -0.192. The highest BCUT2D eigenvalue weighted by Crippen LogP contribution is 2.36. The molecule has 2 aliphatic rings. The number of nitrogens with zero attached hydrogens (tertiary/aromatic N) is 6. The van der Waals surface area contributed by atoms with Crippen LogP contribution in [0.15, 0.2) is 36.7 Å². The summed E-state index contributed by atoms with van der Waals surface area (Å²) in [5.41, 5.74) is 6.65. The first-order valence-electron chi connectivity index (χ1n) is 13.6. The fourth-order valence-electron chi connectivity index (χ4n) is 5.52. The second kappa shape index (κ2) is 11.8. The van der Waals surface area contributed by atoms with Gasteiger partial charge in [-0.15, -0.1) is 0 Å². The molecule has 0 amide bonds. The summed E-state index contributed by atoms with van der Waals surface area (Å²) in [4.78, 5) is 23.5. The van der Waals surface area contributed by atoms with Crippen LogP contribution in [0.2, 0.25) is 5.02 Å². The fraction of sp³-hybridized carbons (Fsp3) is 0.464. The molecule has 9 nitrogen and oxygen atoms in total. The predicted molar refractivity (Wildman–Crippen MR) is 154 cm³/mol. The van der Waals surface area contributed by atoms with E-state index in [9.17, 15) is 13.2 Å². The van der Waals surface area contributed by atoms with Crippen molar-refractivity contribution in [2.24, 2.45) is 7.05 Å². The number of aromatic nitrogens is 4. The smallest absolute Gasteiger partial charge is 0.475 e. The van der Waals surface area contributed by atoms with Crippen LogP contribution < -0.4 is 10.2 Å². The number of nitrogens with one attached hydrogen (secondary N) is 1. The highest BCUT2D eigenvalue weighted by atomic mass is 35.5. The highest BCUT2D eigenvalue weighted by Gasteiger charge is 2.38. The number of carboxylic acids is 1. The van der Waals surface area contributed by atoms with Gasteiger partial charge in [-0.1, -0.05) is 24.4 Å². The van der Waals surface area contributed by atoms with Crippen molar-refractivity contribution in [3.8, 4) is 0 Å². The number of hydrogen-bond acceptors (Lipinski definition) is 6. The molecule has 0 radical (unpaired) electrons. The molecule has 0 spiro atoms. The van der Waals surface area contributed by atoms with Crippen molar-refractivity contribution in [1.82, 2.24) is 24.0 Å². The maximum atomic E-state index is 10.6. The number of aliphatic carboxylic acids is 1. The predicted octanol–water partition coefficient (Wildman–Crippen LogP) is 5.69. The molecule has 1 saturated carbocycles. The van der Waals surface area contributed by atoms with Gasteiger partial charge >= 0.3 is 12.1 Å². The van der Waals surface area contributed by atoms with E-state index in [0.29, 0.717) is 12.6 Å². The number of benzene rings is 2. The molecule has 6 rings (SSSR count). The monoisotopic (exact) mass is 591 g/mol. The molecule has 0 unspecified atom stereocenters. The summed E-state index contributed by atoms with van der Waals surface area (Å²) in [5, 5.41) is 11.5. The largest absolute Gasteiger partial charge is 0.490 e. The van der Waals surface area contributed by atoms with Crippen molar-refractivity contribution in [3.63, 3.8) is 0 Å². The average molecular weight is 592 g/mol. The Bertz CT molecular complexity index is 1540. The van der Waals surface area contributed by atoms with Crippen molar-refractivity contribution in [2.75, 3.05) is 43.4 Å². The first-order chi connectivity index (χ1) is 19.5. The van der Waals surface area contributed by atoms with Gasteiger partial charge in [0.15, 0.2) is 0 Å². The molecule has 4 aromatic rings. The van der Waals surface area contributed by atoms with Crippen molar-refractivity contribution in [1.29, 1.82) is 0 Å². The number of hydrogen-bond donors (Lipinski definition) is 2. The number of anilines is 2. The topological polar surface area (TPSA) is 91.5 Å². The molecule has 1 aliphatic carbocycles. The highest BCUT2D eigenvalue weighted by molar-refractivity contribution is 6.31. The third-order valence-corrected chi connectivity index (χ3v) is 8.10. The molecule has 41 heavy (non-hydrogen) atoms. The lowest BCUT2D eigenvalue weighted by Gasteiger charge is -2.34. The van der Waals surface area contributed by atoms with Gasteiger partial charge in [0.05, 0.1) is 35.1 Å². The zero-order valence-corrected chi connectivity index (χ0v) is 23.7. The van der Waals surface area contributed by atoms with Gasteiger partial charge in [-0.2, -0.15) is 13.2 Å². The second-order valence-electron chi connectivity index (χ2n) is 10.6. The van der Waals surface area contributed by atoms with Gasteiger partial charge in [-0.3, -0.25) is 0 Å². The maximum absolute atomic E-state index is 10.6. The summed E-state index contributed by atoms with van der Waals surface area (Å²) in [6, 6.07) is 11.0. The van der Waals surface area contributed by atoms with Gasteiger partial charge in [-0.05, 0) is 50.2 Å². The molecular weight excluding hydrogens is 559 g/mol. The number of halogens is 4. The molecule has 3 heterocycles. The minimum Gasteiger partial charge on any atom is -0.475 e. The van der Waals surface area contributed by atoms with E-state index in [2.05, 4.69) is 49.8 Å². The molecule has 2 N–H and O–H groups in total. The molecule has 220 valence electrons. The summed E-state index contributed by atoms with van der Waals surface area (Å²) in [6.45, 7) is 4.89. The Balaban J connectivity index is 0.000000431. The Morgan fingerprint density at radius 2 is 1.76 bits per heavy atom. The van der Waals surface area contributed by atoms with Gasteiger partial charge < -0.3 is 29.4 Å². The molecule has 2 fully saturated rings. The number of aryl methyl sites for hydroxylation is 1. The zero-order chi connectivity index (χ0) is 29.3. The van der Waals surface area contributed by atoms with Gasteiger partial charge in [0.2, 0.25) is 0 Å². The molecular formula is C28H33ClF3N7O2. The van der Waals surface area contributed by atoms with E-state index in [-0.39, 0.29) is 0 Å². The van der Waals surface area contributed by atoms with E-state index < -0.39 is 12.1 Å². The molecule has 2 aromatic heterocycles. The number of imidazole rings is 2. The normalized spacial score (nSPS) is 16.8. The van der Waals surface area contributed by atoms with Gasteiger partial charge in [-0.25, -0.2) is 14.8 Å². The Labute approximate surface area is 240 Å². The van der Waals surface area contributed by atoms with Crippen LogP contribution >= 0.6 is 11.6 Å². The van der Waals surface area contributed by atoms with Crippen LogP contribution in [0.5, 0.6) is 0 Å². The number of carboxylic acid groups (broad SMARTS) is 1. The standard InChI is InChI=1S/C26H32ClN7.C2HF3O2/c1-31-9-11-33(12-10-31)20-14-22(26-24(15-20)34(17-29-26)19-5-3-4-6-19)28-16-25-30-21-8-7-18(27)13-23(21)32(25)2;3-2(4,5)1(6)7/h7-8,13-15,17,19,28H,3-6,9-12,16H2,1-2H3;(H,6,7). The first kappa shape index (κ1) is 29.0. The Hall–Kier alpha value is -3.51. The van der Waals surface area contributed by atoms with Crippen LogP contribution in [0.3, 0.4) is 0 Å². The Morgan fingerprint density at radius 1 is 1.07 bits per heavy atom. The maximum Gasteiger partial charge on any atom is 0.490 e. The van der Waals surface area contributed by atoms with Crippen molar-refractivity contribution < 1.29 is 23.1 Å². The van der Waals surface area contributed by atoms with Crippen LogP contribution in [0.4, 0.5) is 24.5 Å². The van der Waals surface area contributed by atoms with E-state index in [4.69, 9.17) is 31.5 Å². The average Bonchev–Trinajstić information content (AvgIpc) is 3.67. The molecule has 2 aromatic carbocycles. The number of likely N-dealkylation sites (N-methyl/N-ethyl adjacent to an activating group) is 1. The van der Waals surface area contributed by atoms with E-state index >= 15 is 0 Å². The van der Waals surface area contributed by atoms with Crippen LogP contribution in [-0.4, -0.2) is 74.5 Å². The lowest BCUT2D eigenvalue weighted by atomic mass is 10.1. The molecule has 1 aliphatic heterocycles. The molecule has 0 atom stereocenters. The van der Waals surface area contributed by atoms with Crippen molar-refractivity contribution in [3.05, 3.63) is 47.5 Å². The number of fused-ring (bicyclic) bond motifs is 2. The van der Waals surface area contributed by atoms with E-state index in [1.165, 1.54) is 36.9 Å². The third kappa shape index (κ3) is 6.38. The number of piperazine rings is 1. The number of rotatable bonds is 5. The summed E-state index contributed by atoms with van der Waals surface area (Å²) in [7, 11) is 4.25. The number of carbonyl (C=O) groups is 1. The summed E-state index contributed by atoms with van der Waals surface area (Å²) < 4.78 is 36.3. The summed E-state index contributed by atoms with van der Waals surface area (Å²) in [5.74, 6) is -1.78. The Morgan fingerprint density at radius 3 is 2.41 bits per heavy atom. The lowest BCUT2D eigenvalue weighted by Crippen LogP contribution is -2.44. The second-order valence-corrected chi connectivity index (χ2v) is 11.1. The summed E-state index contributed by atoms with van der Waals surface area (Å²) in [6.07, 6.45) is 2.08. The quantitative estimate of drug-likeness (QED) is 0.308.